The second-order valence-electron chi connectivity index (χ2n) is 5.08. The number of unbranched alkanes of at least 4 members (excludes halogenated alkanes) is 1. The summed E-state index contributed by atoms with van der Waals surface area (Å²) < 4.78 is 0. The topological polar surface area (TPSA) is 17.1 Å². The van der Waals surface area contributed by atoms with E-state index in [1.165, 1.54) is 50.5 Å². The first-order valence-electron chi connectivity index (χ1n) is 6.57. The van der Waals surface area contributed by atoms with E-state index in [1.54, 1.807) is 0 Å². The summed E-state index contributed by atoms with van der Waals surface area (Å²) in [5.41, 5.74) is 1.48. The molecule has 2 rings (SSSR count). The van der Waals surface area contributed by atoms with E-state index in [0.717, 1.165) is 6.42 Å². The fourth-order valence-corrected chi connectivity index (χ4v) is 3.13. The van der Waals surface area contributed by atoms with Gasteiger partial charge in [-0.05, 0) is 37.7 Å². The third-order valence-electron chi connectivity index (χ3n) is 4.00. The van der Waals surface area contributed by atoms with Crippen molar-refractivity contribution in [1.29, 1.82) is 0 Å². The molecule has 0 unspecified atom stereocenters. The summed E-state index contributed by atoms with van der Waals surface area (Å²) in [6.07, 6.45) is 12.0. The Morgan fingerprint density at radius 3 is 2.67 bits per heavy atom. The van der Waals surface area contributed by atoms with Crippen LogP contribution in [0.25, 0.3) is 0 Å². The Bertz CT molecular complexity index is 265. The first-order valence-corrected chi connectivity index (χ1v) is 6.57. The predicted octanol–water partition coefficient (Wildman–Crippen LogP) is 3.88. The van der Waals surface area contributed by atoms with Crippen LogP contribution >= 0.6 is 0 Å². The third-order valence-corrected chi connectivity index (χ3v) is 4.00. The molecule has 0 bridgehead atoms. The number of rotatable bonds is 3. The molecule has 0 saturated heterocycles. The van der Waals surface area contributed by atoms with Crippen molar-refractivity contribution >= 4 is 5.78 Å². The maximum Gasteiger partial charge on any atom is 0.159 e. The normalized spacial score (nSPS) is 31.0. The quantitative estimate of drug-likeness (QED) is 0.685. The van der Waals surface area contributed by atoms with Gasteiger partial charge in [0.15, 0.2) is 5.78 Å². The van der Waals surface area contributed by atoms with E-state index < -0.39 is 0 Å². The molecular weight excluding hydrogens is 184 g/mol. The number of carbonyl (C=O) groups excluding carboxylic acids is 1. The van der Waals surface area contributed by atoms with Crippen LogP contribution in [0.4, 0.5) is 0 Å². The molecule has 1 heteroatoms. The van der Waals surface area contributed by atoms with Gasteiger partial charge in [0.25, 0.3) is 0 Å². The molecule has 0 aliphatic heterocycles. The van der Waals surface area contributed by atoms with Gasteiger partial charge in [0, 0.05) is 5.92 Å². The number of hydrogen-bond donors (Lipinski definition) is 0. The van der Waals surface area contributed by atoms with Crippen LogP contribution in [0.1, 0.15) is 58.3 Å². The van der Waals surface area contributed by atoms with Crippen molar-refractivity contribution in [2.24, 2.45) is 11.8 Å². The molecule has 15 heavy (non-hydrogen) atoms. The summed E-state index contributed by atoms with van der Waals surface area (Å²) in [6.45, 7) is 2.22. The first kappa shape index (κ1) is 10.9. The van der Waals surface area contributed by atoms with Crippen LogP contribution in [0.15, 0.2) is 11.6 Å². The van der Waals surface area contributed by atoms with Crippen molar-refractivity contribution in [1.82, 2.24) is 0 Å². The highest BCUT2D eigenvalue weighted by molar-refractivity contribution is 5.95. The minimum atomic E-state index is 0.374. The van der Waals surface area contributed by atoms with Crippen LogP contribution in [-0.4, -0.2) is 5.78 Å². The molecule has 2 atom stereocenters. The average Bonchev–Trinajstić information content (AvgIpc) is 2.45. The zero-order valence-corrected chi connectivity index (χ0v) is 9.80. The van der Waals surface area contributed by atoms with Crippen molar-refractivity contribution in [3.63, 3.8) is 0 Å². The molecule has 2 aliphatic rings. The number of carbonyl (C=O) groups is 1. The highest BCUT2D eigenvalue weighted by atomic mass is 16.1. The molecule has 0 aromatic rings. The maximum absolute atomic E-state index is 11.9. The number of ketones is 1. The van der Waals surface area contributed by atoms with Gasteiger partial charge in [0.1, 0.15) is 0 Å². The Balaban J connectivity index is 2.04. The van der Waals surface area contributed by atoms with Gasteiger partial charge in [-0.1, -0.05) is 38.2 Å². The van der Waals surface area contributed by atoms with E-state index in [-0.39, 0.29) is 0 Å². The SMILES string of the molecule is CCCCC1=CC(=O)[C@H]2CCCCC[C@@H]12. The van der Waals surface area contributed by atoms with Gasteiger partial charge in [-0.2, -0.15) is 0 Å². The van der Waals surface area contributed by atoms with Crippen molar-refractivity contribution in [3.05, 3.63) is 11.6 Å². The first-order chi connectivity index (χ1) is 7.33. The lowest BCUT2D eigenvalue weighted by Crippen LogP contribution is -2.15. The maximum atomic E-state index is 11.9. The Kier molecular flexibility index (Phi) is 3.61. The lowest BCUT2D eigenvalue weighted by molar-refractivity contribution is -0.118. The largest absolute Gasteiger partial charge is 0.295 e. The standard InChI is InChI=1S/C14H22O/c1-2-3-7-11-10-14(15)13-9-6-4-5-8-12(11)13/h10,12-13H,2-9H2,1H3/t12-,13-/m0/s1. The summed E-state index contributed by atoms with van der Waals surface area (Å²) in [4.78, 5) is 11.9. The van der Waals surface area contributed by atoms with Gasteiger partial charge < -0.3 is 0 Å². The summed E-state index contributed by atoms with van der Waals surface area (Å²) in [5.74, 6) is 1.44. The molecule has 0 radical (unpaired) electrons. The number of hydrogen-bond acceptors (Lipinski definition) is 1. The highest BCUT2D eigenvalue weighted by Crippen LogP contribution is 2.41. The minimum absolute atomic E-state index is 0.374. The van der Waals surface area contributed by atoms with Crippen LogP contribution in [0.5, 0.6) is 0 Å². The van der Waals surface area contributed by atoms with Gasteiger partial charge in [-0.25, -0.2) is 0 Å². The van der Waals surface area contributed by atoms with E-state index in [1.807, 2.05) is 6.08 Å². The minimum Gasteiger partial charge on any atom is -0.295 e. The van der Waals surface area contributed by atoms with Gasteiger partial charge in [-0.15, -0.1) is 0 Å². The van der Waals surface area contributed by atoms with Gasteiger partial charge >= 0.3 is 0 Å². The molecule has 1 fully saturated rings. The molecule has 0 heterocycles. The fraction of sp³-hybridized carbons (Fsp3) is 0.786. The monoisotopic (exact) mass is 206 g/mol. The van der Waals surface area contributed by atoms with Crippen molar-refractivity contribution < 1.29 is 4.79 Å². The van der Waals surface area contributed by atoms with E-state index >= 15 is 0 Å². The molecule has 2 aliphatic carbocycles. The van der Waals surface area contributed by atoms with Crippen molar-refractivity contribution in [3.8, 4) is 0 Å². The zero-order chi connectivity index (χ0) is 10.7. The second-order valence-corrected chi connectivity index (χ2v) is 5.08. The van der Waals surface area contributed by atoms with Crippen LogP contribution in [0.2, 0.25) is 0 Å². The molecule has 0 aromatic heterocycles. The zero-order valence-electron chi connectivity index (χ0n) is 9.80. The van der Waals surface area contributed by atoms with Crippen molar-refractivity contribution in [2.45, 2.75) is 58.3 Å². The summed E-state index contributed by atoms with van der Waals surface area (Å²) in [5, 5.41) is 0. The Hall–Kier alpha value is -0.590. The van der Waals surface area contributed by atoms with E-state index in [4.69, 9.17) is 0 Å². The summed E-state index contributed by atoms with van der Waals surface area (Å²) in [6, 6.07) is 0. The molecule has 84 valence electrons. The van der Waals surface area contributed by atoms with Gasteiger partial charge in [0.05, 0.1) is 0 Å². The fourth-order valence-electron chi connectivity index (χ4n) is 3.13. The van der Waals surface area contributed by atoms with E-state index in [2.05, 4.69) is 6.92 Å². The molecule has 0 N–H and O–H groups in total. The number of allylic oxidation sites excluding steroid dienone is 2. The molecule has 0 amide bonds. The van der Waals surface area contributed by atoms with Crippen LogP contribution in [0.3, 0.4) is 0 Å². The average molecular weight is 206 g/mol. The molecule has 1 saturated carbocycles. The lowest BCUT2D eigenvalue weighted by Gasteiger charge is -2.18. The van der Waals surface area contributed by atoms with Crippen molar-refractivity contribution in [2.75, 3.05) is 0 Å². The predicted molar refractivity (Wildman–Crippen MR) is 62.7 cm³/mol. The molecule has 0 aromatic carbocycles. The molecule has 0 spiro atoms. The Labute approximate surface area is 92.9 Å². The van der Waals surface area contributed by atoms with Gasteiger partial charge in [-0.3, -0.25) is 4.79 Å². The van der Waals surface area contributed by atoms with Crippen LogP contribution in [-0.2, 0) is 4.79 Å². The van der Waals surface area contributed by atoms with Gasteiger partial charge in [0.2, 0.25) is 0 Å². The van der Waals surface area contributed by atoms with E-state index in [0.29, 0.717) is 17.6 Å². The second kappa shape index (κ2) is 4.96. The third kappa shape index (κ3) is 2.32. The Morgan fingerprint density at radius 2 is 1.93 bits per heavy atom. The molecule has 1 nitrogen and oxygen atoms in total. The van der Waals surface area contributed by atoms with E-state index in [9.17, 15) is 4.79 Å². The Morgan fingerprint density at radius 1 is 1.20 bits per heavy atom. The summed E-state index contributed by atoms with van der Waals surface area (Å²) >= 11 is 0. The van der Waals surface area contributed by atoms with Crippen LogP contribution in [0, 0.1) is 11.8 Å². The van der Waals surface area contributed by atoms with Crippen LogP contribution < -0.4 is 0 Å². The lowest BCUT2D eigenvalue weighted by atomic mass is 9.85. The number of fused-ring (bicyclic) bond motifs is 1. The summed E-state index contributed by atoms with van der Waals surface area (Å²) in [7, 11) is 0. The smallest absolute Gasteiger partial charge is 0.159 e. The highest BCUT2D eigenvalue weighted by Gasteiger charge is 2.35. The molecular formula is C14H22O.